The molecule has 2 N–H and O–H groups in total. The molecule has 1 unspecified atom stereocenters. The highest BCUT2D eigenvalue weighted by Crippen LogP contribution is 2.28. The van der Waals surface area contributed by atoms with Gasteiger partial charge in [-0.2, -0.15) is 0 Å². The predicted octanol–water partition coefficient (Wildman–Crippen LogP) is 3.01. The summed E-state index contributed by atoms with van der Waals surface area (Å²) in [7, 11) is 0. The van der Waals surface area contributed by atoms with Crippen molar-refractivity contribution in [3.8, 4) is 5.75 Å². The number of nitrogens with one attached hydrogen (secondary N) is 1. The lowest BCUT2D eigenvalue weighted by Gasteiger charge is -2.15. The van der Waals surface area contributed by atoms with E-state index in [-0.39, 0.29) is 0 Å². The first-order valence-corrected chi connectivity index (χ1v) is 5.84. The van der Waals surface area contributed by atoms with Gasteiger partial charge in [-0.1, -0.05) is 18.5 Å². The van der Waals surface area contributed by atoms with Crippen LogP contribution in [0.25, 0.3) is 0 Å². The second kappa shape index (κ2) is 6.35. The molecule has 1 atom stereocenters. The van der Waals surface area contributed by atoms with Crippen molar-refractivity contribution in [3.05, 3.63) is 23.2 Å². The molecule has 0 amide bonds. The third-order valence-corrected chi connectivity index (χ3v) is 2.38. The smallest absolute Gasteiger partial charge is 0.325 e. The molecule has 0 saturated heterocycles. The number of carbonyl (C=O) groups is 1. The summed E-state index contributed by atoms with van der Waals surface area (Å²) >= 11 is 5.87. The van der Waals surface area contributed by atoms with Crippen molar-refractivity contribution in [3.63, 3.8) is 0 Å². The zero-order valence-electron chi connectivity index (χ0n) is 9.87. The molecule has 0 fully saturated rings. The van der Waals surface area contributed by atoms with Gasteiger partial charge in [0.25, 0.3) is 0 Å². The molecule has 1 aromatic rings. The Morgan fingerprint density at radius 3 is 2.88 bits per heavy atom. The van der Waals surface area contributed by atoms with Crippen LogP contribution in [-0.2, 0) is 4.79 Å². The number of carboxylic acids is 1. The van der Waals surface area contributed by atoms with Gasteiger partial charge in [-0.25, -0.2) is 0 Å². The average Bonchev–Trinajstić information content (AvgIpc) is 2.28. The summed E-state index contributed by atoms with van der Waals surface area (Å²) in [5.74, 6) is -0.309. The van der Waals surface area contributed by atoms with Crippen LogP contribution in [0.2, 0.25) is 5.02 Å². The molecular weight excluding hydrogens is 242 g/mol. The molecule has 0 heterocycles. The summed E-state index contributed by atoms with van der Waals surface area (Å²) in [5, 5.41) is 12.2. The molecule has 94 valence electrons. The van der Waals surface area contributed by atoms with Gasteiger partial charge in [0.05, 0.1) is 12.3 Å². The van der Waals surface area contributed by atoms with Gasteiger partial charge in [0.2, 0.25) is 0 Å². The molecule has 4 nitrogen and oxygen atoms in total. The Hall–Kier alpha value is -1.42. The third-order valence-electron chi connectivity index (χ3n) is 2.15. The minimum absolute atomic E-state index is 0.536. The van der Waals surface area contributed by atoms with Gasteiger partial charge in [-0.05, 0) is 31.5 Å². The van der Waals surface area contributed by atoms with Crippen LogP contribution >= 0.6 is 11.6 Å². The van der Waals surface area contributed by atoms with Crippen molar-refractivity contribution in [2.75, 3.05) is 11.9 Å². The summed E-state index contributed by atoms with van der Waals surface area (Å²) in [4.78, 5) is 10.8. The van der Waals surface area contributed by atoms with Gasteiger partial charge in [-0.15, -0.1) is 0 Å². The Labute approximate surface area is 106 Å². The maximum atomic E-state index is 10.8. The van der Waals surface area contributed by atoms with E-state index >= 15 is 0 Å². The number of anilines is 1. The Bertz CT molecular complexity index is 395. The van der Waals surface area contributed by atoms with Crippen molar-refractivity contribution in [2.45, 2.75) is 26.3 Å². The van der Waals surface area contributed by atoms with Gasteiger partial charge < -0.3 is 15.2 Å². The minimum Gasteiger partial charge on any atom is -0.491 e. The van der Waals surface area contributed by atoms with Crippen molar-refractivity contribution < 1.29 is 14.6 Å². The fraction of sp³-hybridized carbons (Fsp3) is 0.417. The number of hydrogen-bond donors (Lipinski definition) is 2. The SMILES string of the molecule is CCCOc1ccc(Cl)cc1NC(C)C(=O)O. The van der Waals surface area contributed by atoms with E-state index in [1.807, 2.05) is 6.92 Å². The van der Waals surface area contributed by atoms with Crippen LogP contribution in [0.3, 0.4) is 0 Å². The monoisotopic (exact) mass is 257 g/mol. The second-order valence-corrected chi connectivity index (χ2v) is 4.13. The summed E-state index contributed by atoms with van der Waals surface area (Å²) in [6.07, 6.45) is 0.885. The third kappa shape index (κ3) is 4.15. The second-order valence-electron chi connectivity index (χ2n) is 3.69. The molecule has 0 aliphatic rings. The van der Waals surface area contributed by atoms with Crippen LogP contribution in [0.4, 0.5) is 5.69 Å². The topological polar surface area (TPSA) is 58.6 Å². The van der Waals surface area contributed by atoms with E-state index in [2.05, 4.69) is 5.32 Å². The summed E-state index contributed by atoms with van der Waals surface area (Å²) < 4.78 is 5.51. The molecular formula is C12H16ClNO3. The molecule has 0 bridgehead atoms. The van der Waals surface area contributed by atoms with Crippen LogP contribution in [0.1, 0.15) is 20.3 Å². The minimum atomic E-state index is -0.925. The van der Waals surface area contributed by atoms with Gasteiger partial charge in [0.15, 0.2) is 0 Å². The molecule has 0 radical (unpaired) electrons. The largest absolute Gasteiger partial charge is 0.491 e. The molecule has 0 spiro atoms. The Balaban J connectivity index is 2.86. The lowest BCUT2D eigenvalue weighted by atomic mass is 10.2. The van der Waals surface area contributed by atoms with E-state index in [0.29, 0.717) is 23.1 Å². The normalized spacial score (nSPS) is 11.9. The van der Waals surface area contributed by atoms with Crippen LogP contribution < -0.4 is 10.1 Å². The van der Waals surface area contributed by atoms with Gasteiger partial charge in [-0.3, -0.25) is 4.79 Å². The van der Waals surface area contributed by atoms with E-state index in [4.69, 9.17) is 21.4 Å². The van der Waals surface area contributed by atoms with Crippen molar-refractivity contribution >= 4 is 23.3 Å². The fourth-order valence-corrected chi connectivity index (χ4v) is 1.42. The first-order valence-electron chi connectivity index (χ1n) is 5.46. The number of halogens is 1. The van der Waals surface area contributed by atoms with Crippen LogP contribution in [0, 0.1) is 0 Å². The number of aliphatic carboxylic acids is 1. The van der Waals surface area contributed by atoms with Crippen molar-refractivity contribution in [1.29, 1.82) is 0 Å². The molecule has 1 rings (SSSR count). The Morgan fingerprint density at radius 1 is 1.59 bits per heavy atom. The first-order chi connectivity index (χ1) is 8.04. The lowest BCUT2D eigenvalue weighted by molar-refractivity contribution is -0.137. The number of benzene rings is 1. The number of rotatable bonds is 6. The van der Waals surface area contributed by atoms with E-state index in [1.165, 1.54) is 0 Å². The van der Waals surface area contributed by atoms with Crippen molar-refractivity contribution in [1.82, 2.24) is 0 Å². The molecule has 0 aliphatic carbocycles. The summed E-state index contributed by atoms with van der Waals surface area (Å²) in [6.45, 7) is 4.15. The van der Waals surface area contributed by atoms with Gasteiger partial charge in [0.1, 0.15) is 11.8 Å². The Kier molecular flexibility index (Phi) is 5.10. The van der Waals surface area contributed by atoms with Crippen LogP contribution in [0.5, 0.6) is 5.75 Å². The summed E-state index contributed by atoms with van der Waals surface area (Å²) in [5.41, 5.74) is 0.598. The number of hydrogen-bond acceptors (Lipinski definition) is 3. The molecule has 1 aromatic carbocycles. The highest BCUT2D eigenvalue weighted by atomic mass is 35.5. The highest BCUT2D eigenvalue weighted by molar-refractivity contribution is 6.30. The molecule has 17 heavy (non-hydrogen) atoms. The predicted molar refractivity (Wildman–Crippen MR) is 68.0 cm³/mol. The number of ether oxygens (including phenoxy) is 1. The van der Waals surface area contributed by atoms with Crippen molar-refractivity contribution in [2.24, 2.45) is 0 Å². The molecule has 0 saturated carbocycles. The molecule has 0 aliphatic heterocycles. The zero-order chi connectivity index (χ0) is 12.8. The highest BCUT2D eigenvalue weighted by Gasteiger charge is 2.13. The quantitative estimate of drug-likeness (QED) is 0.823. The van der Waals surface area contributed by atoms with E-state index in [1.54, 1.807) is 25.1 Å². The number of carboxylic acid groups (broad SMARTS) is 1. The summed E-state index contributed by atoms with van der Waals surface area (Å²) in [6, 6.07) is 4.40. The first kappa shape index (κ1) is 13.6. The van der Waals surface area contributed by atoms with Crippen LogP contribution in [0.15, 0.2) is 18.2 Å². The average molecular weight is 258 g/mol. The standard InChI is InChI=1S/C12H16ClNO3/c1-3-6-17-11-5-4-9(13)7-10(11)14-8(2)12(15)16/h4-5,7-8,14H,3,6H2,1-2H3,(H,15,16). The van der Waals surface area contributed by atoms with E-state index in [0.717, 1.165) is 6.42 Å². The molecule has 5 heteroatoms. The molecule has 0 aromatic heterocycles. The van der Waals surface area contributed by atoms with E-state index in [9.17, 15) is 4.79 Å². The van der Waals surface area contributed by atoms with Gasteiger partial charge >= 0.3 is 5.97 Å². The van der Waals surface area contributed by atoms with E-state index < -0.39 is 12.0 Å². The van der Waals surface area contributed by atoms with Gasteiger partial charge in [0, 0.05) is 5.02 Å². The van der Waals surface area contributed by atoms with Crippen LogP contribution in [-0.4, -0.2) is 23.7 Å². The fourth-order valence-electron chi connectivity index (χ4n) is 1.25. The maximum absolute atomic E-state index is 10.8. The lowest BCUT2D eigenvalue weighted by Crippen LogP contribution is -2.25. The zero-order valence-corrected chi connectivity index (χ0v) is 10.6. The Morgan fingerprint density at radius 2 is 2.29 bits per heavy atom. The maximum Gasteiger partial charge on any atom is 0.325 e.